The number of hydrogen-bond acceptors (Lipinski definition) is 7. The average Bonchev–Trinajstić information content (AvgIpc) is 3.20. The number of nitrogens with zero attached hydrogens (tertiary/aromatic N) is 5. The van der Waals surface area contributed by atoms with Gasteiger partial charge in [-0.15, -0.1) is 0 Å². The number of H-pyrrole nitrogens is 1. The van der Waals surface area contributed by atoms with E-state index in [0.29, 0.717) is 19.0 Å². The van der Waals surface area contributed by atoms with Crippen molar-refractivity contribution in [3.05, 3.63) is 29.5 Å². The maximum Gasteiger partial charge on any atom is 0.156 e. The maximum absolute atomic E-state index is 5.63. The van der Waals surface area contributed by atoms with Gasteiger partial charge >= 0.3 is 0 Å². The molecule has 0 bridgehead atoms. The molecule has 8 nitrogen and oxygen atoms in total. The Balaban J connectivity index is 1.80. The van der Waals surface area contributed by atoms with E-state index in [1.807, 2.05) is 19.9 Å². The zero-order chi connectivity index (χ0) is 16.2. The fourth-order valence-corrected chi connectivity index (χ4v) is 2.91. The van der Waals surface area contributed by atoms with Crippen molar-refractivity contribution in [3.63, 3.8) is 0 Å². The second-order valence-electron chi connectivity index (χ2n) is 5.60. The second kappa shape index (κ2) is 7.01. The first-order valence-corrected chi connectivity index (χ1v) is 7.77. The minimum Gasteiger partial charge on any atom is -0.379 e. The Morgan fingerprint density at radius 2 is 2.22 bits per heavy atom. The standard InChI is InChI=1S/C15H22N6O2/c1-4-23-9-14-17-10(2)5-15(18-14)21-7-11(13(8-21)22-3)12-6-16-20-19-12/h5-6,11,13H,4,7-9H2,1-3H3,(H,16,19,20)/t11-,13+/m0/s1. The third kappa shape index (κ3) is 3.48. The van der Waals surface area contributed by atoms with Gasteiger partial charge in [0.1, 0.15) is 12.4 Å². The molecule has 1 aliphatic heterocycles. The van der Waals surface area contributed by atoms with E-state index >= 15 is 0 Å². The Kier molecular flexibility index (Phi) is 4.82. The fraction of sp³-hybridized carbons (Fsp3) is 0.600. The van der Waals surface area contributed by atoms with Gasteiger partial charge < -0.3 is 14.4 Å². The number of aryl methyl sites for hydroxylation is 1. The Morgan fingerprint density at radius 1 is 1.35 bits per heavy atom. The van der Waals surface area contributed by atoms with Crippen LogP contribution in [0.4, 0.5) is 5.82 Å². The molecule has 2 aromatic heterocycles. The number of aromatic nitrogens is 5. The lowest BCUT2D eigenvalue weighted by atomic mass is 10.0. The number of hydrogen-bond donors (Lipinski definition) is 1. The van der Waals surface area contributed by atoms with E-state index in [4.69, 9.17) is 9.47 Å². The third-order valence-corrected chi connectivity index (χ3v) is 4.03. The van der Waals surface area contributed by atoms with Crippen LogP contribution in [0.2, 0.25) is 0 Å². The van der Waals surface area contributed by atoms with Gasteiger partial charge in [0.2, 0.25) is 0 Å². The molecule has 0 aliphatic carbocycles. The highest BCUT2D eigenvalue weighted by Gasteiger charge is 2.36. The van der Waals surface area contributed by atoms with E-state index in [0.717, 1.165) is 30.3 Å². The van der Waals surface area contributed by atoms with Crippen LogP contribution >= 0.6 is 0 Å². The van der Waals surface area contributed by atoms with Crippen molar-refractivity contribution in [3.8, 4) is 0 Å². The average molecular weight is 318 g/mol. The Labute approximate surface area is 135 Å². The summed E-state index contributed by atoms with van der Waals surface area (Å²) in [6.07, 6.45) is 1.82. The second-order valence-corrected chi connectivity index (χ2v) is 5.60. The summed E-state index contributed by atoms with van der Waals surface area (Å²) in [4.78, 5) is 11.3. The van der Waals surface area contributed by atoms with Gasteiger partial charge in [-0.05, 0) is 13.8 Å². The Bertz CT molecular complexity index is 633. The van der Waals surface area contributed by atoms with Crippen LogP contribution in [0.25, 0.3) is 0 Å². The van der Waals surface area contributed by atoms with E-state index in [-0.39, 0.29) is 12.0 Å². The van der Waals surface area contributed by atoms with Crippen molar-refractivity contribution >= 4 is 5.82 Å². The molecule has 0 radical (unpaired) electrons. The lowest BCUT2D eigenvalue weighted by molar-refractivity contribution is 0.105. The molecule has 2 aromatic rings. The van der Waals surface area contributed by atoms with E-state index in [1.165, 1.54) is 0 Å². The quantitative estimate of drug-likeness (QED) is 0.851. The first-order chi connectivity index (χ1) is 11.2. The topological polar surface area (TPSA) is 89.0 Å². The number of methoxy groups -OCH3 is 1. The van der Waals surface area contributed by atoms with Gasteiger partial charge in [0.05, 0.1) is 23.9 Å². The van der Waals surface area contributed by atoms with Crippen LogP contribution in [-0.2, 0) is 16.1 Å². The third-order valence-electron chi connectivity index (χ3n) is 4.03. The van der Waals surface area contributed by atoms with Crippen LogP contribution in [0.5, 0.6) is 0 Å². The predicted molar refractivity (Wildman–Crippen MR) is 84.2 cm³/mol. The number of nitrogens with one attached hydrogen (secondary N) is 1. The summed E-state index contributed by atoms with van der Waals surface area (Å²) in [5, 5.41) is 10.8. The first kappa shape index (κ1) is 15.8. The summed E-state index contributed by atoms with van der Waals surface area (Å²) in [5.74, 6) is 1.78. The normalized spacial score (nSPS) is 21.1. The van der Waals surface area contributed by atoms with Crippen molar-refractivity contribution in [2.24, 2.45) is 0 Å². The van der Waals surface area contributed by atoms with Gasteiger partial charge in [-0.1, -0.05) is 0 Å². The summed E-state index contributed by atoms with van der Waals surface area (Å²) in [6, 6.07) is 1.99. The minimum absolute atomic E-state index is 0.0608. The van der Waals surface area contributed by atoms with Crippen molar-refractivity contribution in [2.75, 3.05) is 31.7 Å². The van der Waals surface area contributed by atoms with Gasteiger partial charge in [0, 0.05) is 38.6 Å². The lowest BCUT2D eigenvalue weighted by Crippen LogP contribution is -2.24. The van der Waals surface area contributed by atoms with Crippen molar-refractivity contribution < 1.29 is 9.47 Å². The highest BCUT2D eigenvalue weighted by atomic mass is 16.5. The van der Waals surface area contributed by atoms with E-state index in [2.05, 4.69) is 30.3 Å². The first-order valence-electron chi connectivity index (χ1n) is 7.77. The molecule has 23 heavy (non-hydrogen) atoms. The molecule has 8 heteroatoms. The Hall–Kier alpha value is -2.06. The summed E-state index contributed by atoms with van der Waals surface area (Å²) < 4.78 is 11.1. The summed E-state index contributed by atoms with van der Waals surface area (Å²) >= 11 is 0. The smallest absolute Gasteiger partial charge is 0.156 e. The van der Waals surface area contributed by atoms with Gasteiger partial charge in [-0.3, -0.25) is 0 Å². The lowest BCUT2D eigenvalue weighted by Gasteiger charge is -2.18. The molecule has 3 rings (SSSR count). The molecule has 0 aromatic carbocycles. The highest BCUT2D eigenvalue weighted by Crippen LogP contribution is 2.30. The number of ether oxygens (including phenoxy) is 2. The molecule has 1 saturated heterocycles. The van der Waals surface area contributed by atoms with Crippen LogP contribution < -0.4 is 4.90 Å². The van der Waals surface area contributed by atoms with Gasteiger partial charge in [0.25, 0.3) is 0 Å². The molecule has 1 aliphatic rings. The van der Waals surface area contributed by atoms with E-state index in [9.17, 15) is 0 Å². The summed E-state index contributed by atoms with van der Waals surface area (Å²) in [6.45, 7) is 6.56. The number of anilines is 1. The molecule has 0 amide bonds. The molecule has 0 saturated carbocycles. The van der Waals surface area contributed by atoms with E-state index in [1.54, 1.807) is 13.3 Å². The van der Waals surface area contributed by atoms with Gasteiger partial charge in [-0.25, -0.2) is 9.97 Å². The van der Waals surface area contributed by atoms with Gasteiger partial charge in [-0.2, -0.15) is 15.4 Å². The Morgan fingerprint density at radius 3 is 2.91 bits per heavy atom. The molecule has 2 atom stereocenters. The predicted octanol–water partition coefficient (Wildman–Crippen LogP) is 1.06. The largest absolute Gasteiger partial charge is 0.379 e. The summed E-state index contributed by atoms with van der Waals surface area (Å²) in [5.41, 5.74) is 1.85. The van der Waals surface area contributed by atoms with E-state index < -0.39 is 0 Å². The zero-order valence-electron chi connectivity index (χ0n) is 13.7. The fourth-order valence-electron chi connectivity index (χ4n) is 2.91. The molecule has 0 unspecified atom stereocenters. The van der Waals surface area contributed by atoms with Crippen LogP contribution in [-0.4, -0.2) is 58.3 Å². The maximum atomic E-state index is 5.63. The van der Waals surface area contributed by atoms with Crippen molar-refractivity contribution in [1.82, 2.24) is 25.4 Å². The number of rotatable bonds is 6. The van der Waals surface area contributed by atoms with Crippen molar-refractivity contribution in [2.45, 2.75) is 32.5 Å². The van der Waals surface area contributed by atoms with Crippen LogP contribution in [0.1, 0.15) is 30.1 Å². The zero-order valence-corrected chi connectivity index (χ0v) is 13.7. The molecule has 1 fully saturated rings. The molecular weight excluding hydrogens is 296 g/mol. The number of aromatic amines is 1. The molecule has 0 spiro atoms. The minimum atomic E-state index is 0.0608. The van der Waals surface area contributed by atoms with Gasteiger partial charge in [0.15, 0.2) is 5.82 Å². The van der Waals surface area contributed by atoms with Crippen LogP contribution in [0.3, 0.4) is 0 Å². The van der Waals surface area contributed by atoms with Crippen LogP contribution in [0, 0.1) is 6.92 Å². The van der Waals surface area contributed by atoms with Crippen LogP contribution in [0.15, 0.2) is 12.3 Å². The molecular formula is C15H22N6O2. The SMILES string of the molecule is CCOCc1nc(C)cc(N2C[C@@H](OC)[C@H](c3cn[nH]n3)C2)n1. The highest BCUT2D eigenvalue weighted by molar-refractivity contribution is 5.43. The molecule has 1 N–H and O–H groups in total. The summed E-state index contributed by atoms with van der Waals surface area (Å²) in [7, 11) is 1.73. The van der Waals surface area contributed by atoms with Crippen molar-refractivity contribution in [1.29, 1.82) is 0 Å². The molecule has 124 valence electrons. The monoisotopic (exact) mass is 318 g/mol. The molecule has 3 heterocycles.